The molecule has 1 aliphatic heterocycles. The minimum absolute atomic E-state index is 0.109. The Hall–Kier alpha value is -1.27. The van der Waals surface area contributed by atoms with Crippen molar-refractivity contribution in [2.45, 2.75) is 64.1 Å². The SMILES string of the molecule is CC1(C)C[C@](CCNCC(C)(C)C(F)(F)F)(c2ccc(O)cc2)CCO1. The fourth-order valence-electron chi connectivity index (χ4n) is 3.72. The minimum atomic E-state index is -4.23. The lowest BCUT2D eigenvalue weighted by Gasteiger charge is -2.45. The maximum absolute atomic E-state index is 13.0. The third-order valence-corrected chi connectivity index (χ3v) is 5.43. The molecule has 6 heteroatoms. The summed E-state index contributed by atoms with van der Waals surface area (Å²) in [5.74, 6) is 0.209. The molecule has 1 fully saturated rings. The van der Waals surface area contributed by atoms with E-state index in [2.05, 4.69) is 5.32 Å². The maximum Gasteiger partial charge on any atom is 0.395 e. The van der Waals surface area contributed by atoms with E-state index in [1.807, 2.05) is 26.0 Å². The van der Waals surface area contributed by atoms with E-state index in [4.69, 9.17) is 4.74 Å². The van der Waals surface area contributed by atoms with Gasteiger partial charge in [0.15, 0.2) is 0 Å². The fraction of sp³-hybridized carbons (Fsp3) is 0.700. The molecule has 1 saturated heterocycles. The van der Waals surface area contributed by atoms with Gasteiger partial charge < -0.3 is 15.2 Å². The number of rotatable bonds is 6. The number of nitrogens with one attached hydrogen (secondary N) is 1. The van der Waals surface area contributed by atoms with E-state index < -0.39 is 11.6 Å². The van der Waals surface area contributed by atoms with E-state index >= 15 is 0 Å². The fourth-order valence-corrected chi connectivity index (χ4v) is 3.72. The summed E-state index contributed by atoms with van der Waals surface area (Å²) >= 11 is 0. The van der Waals surface area contributed by atoms with Crippen molar-refractivity contribution in [2.24, 2.45) is 5.41 Å². The number of phenolic OH excluding ortho intramolecular Hbond substituents is 1. The van der Waals surface area contributed by atoms with E-state index in [9.17, 15) is 18.3 Å². The molecule has 3 nitrogen and oxygen atoms in total. The van der Waals surface area contributed by atoms with Gasteiger partial charge in [-0.15, -0.1) is 0 Å². The van der Waals surface area contributed by atoms with Crippen LogP contribution < -0.4 is 5.32 Å². The molecule has 0 saturated carbocycles. The van der Waals surface area contributed by atoms with Crippen LogP contribution in [0.3, 0.4) is 0 Å². The van der Waals surface area contributed by atoms with Crippen molar-refractivity contribution < 1.29 is 23.0 Å². The number of alkyl halides is 3. The lowest BCUT2D eigenvalue weighted by Crippen LogP contribution is -2.46. The summed E-state index contributed by atoms with van der Waals surface area (Å²) in [7, 11) is 0. The molecule has 0 amide bonds. The predicted octanol–water partition coefficient (Wildman–Crippen LogP) is 4.79. The Labute approximate surface area is 153 Å². The summed E-state index contributed by atoms with van der Waals surface area (Å²) in [6, 6.07) is 7.16. The Morgan fingerprint density at radius 2 is 1.77 bits per heavy atom. The number of aromatic hydroxyl groups is 1. The molecule has 1 aliphatic rings. The van der Waals surface area contributed by atoms with Gasteiger partial charge in [0.05, 0.1) is 11.0 Å². The van der Waals surface area contributed by atoms with Crippen LogP contribution in [0.5, 0.6) is 5.75 Å². The predicted molar refractivity (Wildman–Crippen MR) is 96.4 cm³/mol. The molecular weight excluding hydrogens is 343 g/mol. The maximum atomic E-state index is 13.0. The average Bonchev–Trinajstić information content (AvgIpc) is 2.50. The van der Waals surface area contributed by atoms with Crippen molar-refractivity contribution >= 4 is 0 Å². The van der Waals surface area contributed by atoms with Gasteiger partial charge in [0.1, 0.15) is 5.75 Å². The lowest BCUT2D eigenvalue weighted by atomic mass is 9.67. The molecule has 2 N–H and O–H groups in total. The first-order valence-corrected chi connectivity index (χ1v) is 9.08. The van der Waals surface area contributed by atoms with Crippen molar-refractivity contribution in [2.75, 3.05) is 19.7 Å². The molecule has 0 aromatic heterocycles. The molecule has 0 radical (unpaired) electrons. The monoisotopic (exact) mass is 373 g/mol. The van der Waals surface area contributed by atoms with Crippen LogP contribution in [0.4, 0.5) is 13.2 Å². The lowest BCUT2D eigenvalue weighted by molar-refractivity contribution is -0.209. The summed E-state index contributed by atoms with van der Waals surface area (Å²) in [4.78, 5) is 0. The Kier molecular flexibility index (Phi) is 5.98. The number of halogens is 3. The van der Waals surface area contributed by atoms with Gasteiger partial charge in [-0.2, -0.15) is 13.2 Å². The van der Waals surface area contributed by atoms with Crippen LogP contribution in [0, 0.1) is 5.41 Å². The van der Waals surface area contributed by atoms with Gasteiger partial charge in [0.2, 0.25) is 0 Å². The number of benzene rings is 1. The third kappa shape index (κ3) is 4.92. The molecule has 148 valence electrons. The van der Waals surface area contributed by atoms with E-state index in [1.165, 1.54) is 13.8 Å². The summed E-state index contributed by atoms with van der Waals surface area (Å²) in [6.45, 7) is 7.52. The molecule has 1 aromatic rings. The summed E-state index contributed by atoms with van der Waals surface area (Å²) in [6.07, 6.45) is -1.91. The van der Waals surface area contributed by atoms with Crippen molar-refractivity contribution in [3.8, 4) is 5.75 Å². The second kappa shape index (κ2) is 7.39. The number of ether oxygens (including phenoxy) is 1. The normalized spacial score (nSPS) is 23.8. The van der Waals surface area contributed by atoms with Gasteiger partial charge in [0, 0.05) is 18.6 Å². The zero-order valence-corrected chi connectivity index (χ0v) is 16.0. The zero-order valence-electron chi connectivity index (χ0n) is 16.0. The van der Waals surface area contributed by atoms with Gasteiger partial charge in [0.25, 0.3) is 0 Å². The molecular formula is C20H30F3NO2. The Balaban J connectivity index is 2.10. The molecule has 0 spiro atoms. The minimum Gasteiger partial charge on any atom is -0.508 e. The van der Waals surface area contributed by atoms with Crippen LogP contribution in [-0.4, -0.2) is 36.6 Å². The van der Waals surface area contributed by atoms with Crippen molar-refractivity contribution in [1.29, 1.82) is 0 Å². The van der Waals surface area contributed by atoms with Gasteiger partial charge in [-0.3, -0.25) is 0 Å². The topological polar surface area (TPSA) is 41.5 Å². The third-order valence-electron chi connectivity index (χ3n) is 5.43. The molecule has 1 atom stereocenters. The zero-order chi connectivity index (χ0) is 19.6. The summed E-state index contributed by atoms with van der Waals surface area (Å²) in [5.41, 5.74) is -1.12. The molecule has 0 unspecified atom stereocenters. The highest BCUT2D eigenvalue weighted by molar-refractivity contribution is 5.32. The molecule has 2 rings (SSSR count). The largest absolute Gasteiger partial charge is 0.508 e. The Morgan fingerprint density at radius 3 is 2.31 bits per heavy atom. The van der Waals surface area contributed by atoms with Crippen molar-refractivity contribution in [3.63, 3.8) is 0 Å². The van der Waals surface area contributed by atoms with Gasteiger partial charge in [-0.05, 0) is 71.2 Å². The first-order valence-electron chi connectivity index (χ1n) is 9.08. The van der Waals surface area contributed by atoms with Crippen LogP contribution in [0.2, 0.25) is 0 Å². The Bertz CT molecular complexity index is 596. The second-order valence-corrected chi connectivity index (χ2v) is 8.67. The molecule has 26 heavy (non-hydrogen) atoms. The highest BCUT2D eigenvalue weighted by atomic mass is 19.4. The average molecular weight is 373 g/mol. The highest BCUT2D eigenvalue weighted by Gasteiger charge is 2.47. The van der Waals surface area contributed by atoms with Crippen molar-refractivity contribution in [1.82, 2.24) is 5.32 Å². The van der Waals surface area contributed by atoms with E-state index in [0.29, 0.717) is 13.2 Å². The van der Waals surface area contributed by atoms with Gasteiger partial charge >= 0.3 is 6.18 Å². The first kappa shape index (κ1) is 21.0. The highest BCUT2D eigenvalue weighted by Crippen LogP contribution is 2.44. The smallest absolute Gasteiger partial charge is 0.395 e. The molecule has 0 bridgehead atoms. The number of hydrogen-bond acceptors (Lipinski definition) is 3. The first-order chi connectivity index (χ1) is 11.9. The van der Waals surface area contributed by atoms with Gasteiger partial charge in [-0.25, -0.2) is 0 Å². The second-order valence-electron chi connectivity index (χ2n) is 8.67. The molecule has 0 aliphatic carbocycles. The van der Waals surface area contributed by atoms with E-state index in [1.54, 1.807) is 12.1 Å². The standard InChI is InChI=1S/C20H30F3NO2/c1-17(2,20(21,22)23)14-24-11-9-19(10-12-26-18(3,4)13-19)15-5-7-16(25)8-6-15/h5-8,24-25H,9-14H2,1-4H3/t19-/m1/s1. The Morgan fingerprint density at radius 1 is 1.15 bits per heavy atom. The van der Waals surface area contributed by atoms with Crippen LogP contribution in [0.25, 0.3) is 0 Å². The van der Waals surface area contributed by atoms with Crippen LogP contribution >= 0.6 is 0 Å². The quantitative estimate of drug-likeness (QED) is 0.705. The number of phenols is 1. The van der Waals surface area contributed by atoms with Crippen molar-refractivity contribution in [3.05, 3.63) is 29.8 Å². The van der Waals surface area contributed by atoms with Crippen LogP contribution in [-0.2, 0) is 10.2 Å². The summed E-state index contributed by atoms with van der Waals surface area (Å²) in [5, 5.41) is 12.6. The van der Waals surface area contributed by atoms with Crippen LogP contribution in [0.15, 0.2) is 24.3 Å². The molecule has 1 heterocycles. The van der Waals surface area contributed by atoms with E-state index in [-0.39, 0.29) is 23.3 Å². The van der Waals surface area contributed by atoms with E-state index in [0.717, 1.165) is 24.8 Å². The number of hydrogen-bond donors (Lipinski definition) is 2. The van der Waals surface area contributed by atoms with Crippen LogP contribution in [0.1, 0.15) is 52.5 Å². The summed E-state index contributed by atoms with van der Waals surface area (Å²) < 4.78 is 44.9. The van der Waals surface area contributed by atoms with Gasteiger partial charge in [-0.1, -0.05) is 12.1 Å². The molecule has 1 aromatic carbocycles.